The van der Waals surface area contributed by atoms with Crippen LogP contribution < -0.4 is 5.32 Å². The van der Waals surface area contributed by atoms with Crippen LogP contribution in [0.2, 0.25) is 0 Å². The van der Waals surface area contributed by atoms with Gasteiger partial charge in [-0.25, -0.2) is 13.4 Å². The van der Waals surface area contributed by atoms with Gasteiger partial charge in [-0.2, -0.15) is 0 Å². The van der Waals surface area contributed by atoms with E-state index < -0.39 is 14.8 Å². The highest BCUT2D eigenvalue weighted by Gasteiger charge is 2.18. The van der Waals surface area contributed by atoms with Crippen LogP contribution in [0.4, 0.5) is 11.4 Å². The Morgan fingerprint density at radius 2 is 2.05 bits per heavy atom. The number of benzene rings is 1. The first-order valence-corrected chi connectivity index (χ1v) is 9.04. The minimum Gasteiger partial charge on any atom is -0.377 e. The molecule has 1 aromatic carbocycles. The number of aromatic nitrogens is 1. The van der Waals surface area contributed by atoms with Gasteiger partial charge in [0, 0.05) is 23.3 Å². The number of hydrogen-bond acceptors (Lipinski definition) is 7. The van der Waals surface area contributed by atoms with Gasteiger partial charge in [-0.3, -0.25) is 10.1 Å². The molecule has 0 radical (unpaired) electrons. The molecule has 1 N–H and O–H groups in total. The number of nitrogens with one attached hydrogen (secondary N) is 1. The second-order valence-electron chi connectivity index (χ2n) is 4.81. The third kappa shape index (κ3) is 3.60. The second kappa shape index (κ2) is 6.01. The van der Waals surface area contributed by atoms with E-state index in [0.29, 0.717) is 12.2 Å². The molecule has 0 aliphatic rings. The fourth-order valence-corrected chi connectivity index (χ4v) is 3.61. The van der Waals surface area contributed by atoms with Gasteiger partial charge in [-0.1, -0.05) is 0 Å². The van der Waals surface area contributed by atoms with Crippen molar-refractivity contribution in [3.8, 4) is 0 Å². The molecule has 2 aromatic rings. The van der Waals surface area contributed by atoms with Gasteiger partial charge in [0.05, 0.1) is 27.7 Å². The summed E-state index contributed by atoms with van der Waals surface area (Å²) in [6.07, 6.45) is 1.02. The monoisotopic (exact) mass is 341 g/mol. The Labute approximate surface area is 132 Å². The van der Waals surface area contributed by atoms with Crippen LogP contribution in [0.3, 0.4) is 0 Å². The fourth-order valence-electron chi connectivity index (χ4n) is 1.86. The molecule has 0 bridgehead atoms. The van der Waals surface area contributed by atoms with Gasteiger partial charge in [0.2, 0.25) is 0 Å². The lowest BCUT2D eigenvalue weighted by Gasteiger charge is -2.09. The Kier molecular flexibility index (Phi) is 4.47. The molecule has 9 heteroatoms. The van der Waals surface area contributed by atoms with Crippen LogP contribution >= 0.6 is 11.3 Å². The van der Waals surface area contributed by atoms with Gasteiger partial charge in [0.1, 0.15) is 5.01 Å². The molecule has 0 aliphatic heterocycles. The summed E-state index contributed by atoms with van der Waals surface area (Å²) in [5, 5.41) is 14.6. The molecule has 0 saturated carbocycles. The molecule has 0 atom stereocenters. The van der Waals surface area contributed by atoms with E-state index in [1.165, 1.54) is 23.5 Å². The first kappa shape index (κ1) is 16.4. The summed E-state index contributed by atoms with van der Waals surface area (Å²) in [5.74, 6) is 0. The number of sulfone groups is 1. The van der Waals surface area contributed by atoms with E-state index in [0.717, 1.165) is 27.9 Å². The Morgan fingerprint density at radius 1 is 1.36 bits per heavy atom. The third-order valence-corrected chi connectivity index (χ3v) is 5.29. The van der Waals surface area contributed by atoms with Crippen LogP contribution in [0.25, 0.3) is 0 Å². The summed E-state index contributed by atoms with van der Waals surface area (Å²) in [4.78, 5) is 15.5. The van der Waals surface area contributed by atoms with Crippen molar-refractivity contribution in [3.63, 3.8) is 0 Å². The van der Waals surface area contributed by atoms with E-state index in [9.17, 15) is 18.5 Å². The molecule has 0 unspecified atom stereocenters. The van der Waals surface area contributed by atoms with Crippen molar-refractivity contribution in [3.05, 3.63) is 43.9 Å². The normalized spacial score (nSPS) is 11.4. The smallest absolute Gasteiger partial charge is 0.270 e. The maximum atomic E-state index is 11.8. The van der Waals surface area contributed by atoms with Crippen LogP contribution in [0.5, 0.6) is 0 Å². The minimum atomic E-state index is -3.58. The average Bonchev–Trinajstić information content (AvgIpc) is 2.74. The number of nitrogens with zero attached hydrogens (tertiary/aromatic N) is 2. The predicted octanol–water partition coefficient (Wildman–Crippen LogP) is 2.68. The predicted molar refractivity (Wildman–Crippen MR) is 85.1 cm³/mol. The number of nitro benzene ring substituents is 1. The van der Waals surface area contributed by atoms with Crippen molar-refractivity contribution in [1.29, 1.82) is 0 Å². The molecule has 1 heterocycles. The molecular formula is C13H15N3O4S2. The summed E-state index contributed by atoms with van der Waals surface area (Å²) < 4.78 is 23.6. The van der Waals surface area contributed by atoms with Gasteiger partial charge in [-0.05, 0) is 19.9 Å². The Morgan fingerprint density at radius 3 is 2.55 bits per heavy atom. The quantitative estimate of drug-likeness (QED) is 0.662. The van der Waals surface area contributed by atoms with Gasteiger partial charge >= 0.3 is 0 Å². The zero-order chi connectivity index (χ0) is 16.5. The maximum absolute atomic E-state index is 11.8. The van der Waals surface area contributed by atoms with E-state index in [2.05, 4.69) is 10.3 Å². The molecule has 1 aromatic heterocycles. The summed E-state index contributed by atoms with van der Waals surface area (Å²) >= 11 is 1.52. The SMILES string of the molecule is Cc1nc(CNc2ccc([N+](=O)[O-])cc2S(C)(=O)=O)sc1C. The van der Waals surface area contributed by atoms with Crippen molar-refractivity contribution in [2.24, 2.45) is 0 Å². The van der Waals surface area contributed by atoms with Gasteiger partial charge in [0.25, 0.3) is 5.69 Å². The first-order chi connectivity index (χ1) is 10.2. The standard InChI is InChI=1S/C13H15N3O4S2/c1-8-9(2)21-13(15-8)7-14-11-5-4-10(16(17)18)6-12(11)22(3,19)20/h4-6,14H,7H2,1-3H3. The van der Waals surface area contributed by atoms with Crippen LogP contribution in [-0.4, -0.2) is 24.6 Å². The fraction of sp³-hybridized carbons (Fsp3) is 0.308. The third-order valence-electron chi connectivity index (χ3n) is 3.08. The Balaban J connectivity index is 2.32. The number of rotatable bonds is 5. The van der Waals surface area contributed by atoms with Gasteiger partial charge in [-0.15, -0.1) is 11.3 Å². The van der Waals surface area contributed by atoms with Gasteiger partial charge < -0.3 is 5.32 Å². The van der Waals surface area contributed by atoms with E-state index in [-0.39, 0.29) is 10.6 Å². The van der Waals surface area contributed by atoms with E-state index in [1.807, 2.05) is 13.8 Å². The van der Waals surface area contributed by atoms with Crippen LogP contribution in [-0.2, 0) is 16.4 Å². The topological polar surface area (TPSA) is 102 Å². The summed E-state index contributed by atoms with van der Waals surface area (Å²) in [6.45, 7) is 4.23. The molecule has 0 amide bonds. The van der Waals surface area contributed by atoms with Crippen LogP contribution in [0.15, 0.2) is 23.1 Å². The highest BCUT2D eigenvalue weighted by atomic mass is 32.2. The molecule has 0 aliphatic carbocycles. The lowest BCUT2D eigenvalue weighted by Crippen LogP contribution is -2.07. The molecule has 2 rings (SSSR count). The number of non-ortho nitro benzene ring substituents is 1. The lowest BCUT2D eigenvalue weighted by molar-refractivity contribution is -0.385. The maximum Gasteiger partial charge on any atom is 0.270 e. The number of nitro groups is 1. The van der Waals surface area contributed by atoms with Crippen LogP contribution in [0.1, 0.15) is 15.6 Å². The number of hydrogen-bond donors (Lipinski definition) is 1. The highest BCUT2D eigenvalue weighted by Crippen LogP contribution is 2.27. The van der Waals surface area contributed by atoms with E-state index >= 15 is 0 Å². The highest BCUT2D eigenvalue weighted by molar-refractivity contribution is 7.90. The summed E-state index contributed by atoms with van der Waals surface area (Å²) in [6, 6.07) is 3.74. The second-order valence-corrected chi connectivity index (χ2v) is 8.08. The van der Waals surface area contributed by atoms with Crippen molar-refractivity contribution < 1.29 is 13.3 Å². The number of thiazole rings is 1. The number of aryl methyl sites for hydroxylation is 2. The summed E-state index contributed by atoms with van der Waals surface area (Å²) in [7, 11) is -3.58. The molecule has 0 spiro atoms. The van der Waals surface area contributed by atoms with Crippen molar-refractivity contribution in [2.45, 2.75) is 25.3 Å². The Bertz CT molecular complexity index is 808. The molecular weight excluding hydrogens is 326 g/mol. The zero-order valence-electron chi connectivity index (χ0n) is 12.3. The molecule has 7 nitrogen and oxygen atoms in total. The van der Waals surface area contributed by atoms with E-state index in [4.69, 9.17) is 0 Å². The van der Waals surface area contributed by atoms with Crippen molar-refractivity contribution in [1.82, 2.24) is 4.98 Å². The molecule has 22 heavy (non-hydrogen) atoms. The lowest BCUT2D eigenvalue weighted by atomic mass is 10.3. The minimum absolute atomic E-state index is 0.0910. The molecule has 0 saturated heterocycles. The first-order valence-electron chi connectivity index (χ1n) is 6.34. The van der Waals surface area contributed by atoms with Crippen molar-refractivity contribution in [2.75, 3.05) is 11.6 Å². The largest absolute Gasteiger partial charge is 0.377 e. The Hall–Kier alpha value is -2.00. The zero-order valence-corrected chi connectivity index (χ0v) is 13.9. The molecule has 118 valence electrons. The van der Waals surface area contributed by atoms with Crippen LogP contribution in [0, 0.1) is 24.0 Å². The van der Waals surface area contributed by atoms with Gasteiger partial charge in [0.15, 0.2) is 9.84 Å². The van der Waals surface area contributed by atoms with E-state index in [1.54, 1.807) is 0 Å². The summed E-state index contributed by atoms with van der Waals surface area (Å²) in [5.41, 5.74) is 1.01. The number of anilines is 1. The molecule has 0 fully saturated rings. The van der Waals surface area contributed by atoms with Crippen molar-refractivity contribution >= 4 is 32.5 Å². The average molecular weight is 341 g/mol.